The van der Waals surface area contributed by atoms with Gasteiger partial charge in [-0.3, -0.25) is 14.3 Å². The van der Waals surface area contributed by atoms with Gasteiger partial charge in [-0.1, -0.05) is 56.0 Å². The van der Waals surface area contributed by atoms with Crippen LogP contribution in [0, 0.1) is 17.8 Å². The lowest BCUT2D eigenvalue weighted by atomic mass is 10.2. The average Bonchev–Trinajstić information content (AvgIpc) is 3.13. The van der Waals surface area contributed by atoms with E-state index >= 15 is 0 Å². The number of halogens is 3. The van der Waals surface area contributed by atoms with E-state index < -0.39 is 41.4 Å². The van der Waals surface area contributed by atoms with Crippen LogP contribution in [0.4, 0.5) is 13.2 Å². The van der Waals surface area contributed by atoms with Gasteiger partial charge in [0.15, 0.2) is 0 Å². The predicted octanol–water partition coefficient (Wildman–Crippen LogP) is 3.10. The molecule has 2 aromatic rings. The molecule has 0 spiro atoms. The molecule has 0 bridgehead atoms. The third kappa shape index (κ3) is 6.81. The highest BCUT2D eigenvalue weighted by molar-refractivity contribution is 5.13. The van der Waals surface area contributed by atoms with Gasteiger partial charge in [0.05, 0.1) is 19.3 Å². The van der Waals surface area contributed by atoms with Gasteiger partial charge in [0.2, 0.25) is 0 Å². The Balaban J connectivity index is 1.76. The van der Waals surface area contributed by atoms with Crippen molar-refractivity contribution in [2.45, 2.75) is 51.5 Å². The second-order valence-corrected chi connectivity index (χ2v) is 7.90. The Morgan fingerprint density at radius 2 is 1.97 bits per heavy atom. The maximum Gasteiger partial charge on any atom is 0.423 e. The van der Waals surface area contributed by atoms with Crippen LogP contribution in [0.15, 0.2) is 46.1 Å². The van der Waals surface area contributed by atoms with E-state index in [-0.39, 0.29) is 25.6 Å². The average molecular weight is 466 g/mol. The molecule has 10 heteroatoms. The molecule has 0 saturated carbocycles. The standard InChI is InChI=1S/C23H25F3N2O5/c1-15(2)7-6-10-32-18-11-20(28-12-17(23(24,25)26)21(29)27-22(28)30)33-19(18)14-31-13-16-8-4-3-5-9-16/h3-5,8-9,12,15,18-20H,10-11,13-14H2,1-2H3,(H,27,29,30)/t18-,19+,20+/m0/s1. The summed E-state index contributed by atoms with van der Waals surface area (Å²) in [7, 11) is 0. The van der Waals surface area contributed by atoms with Crippen molar-refractivity contribution in [1.29, 1.82) is 0 Å². The van der Waals surface area contributed by atoms with Gasteiger partial charge in [0.25, 0.3) is 5.56 Å². The molecule has 0 amide bonds. The topological polar surface area (TPSA) is 82.6 Å². The van der Waals surface area contributed by atoms with E-state index in [1.807, 2.05) is 44.2 Å². The third-order valence-corrected chi connectivity index (χ3v) is 4.92. The number of benzene rings is 1. The first kappa shape index (κ1) is 24.8. The normalized spacial score (nSPS) is 20.6. The molecule has 33 heavy (non-hydrogen) atoms. The molecule has 3 rings (SSSR count). The summed E-state index contributed by atoms with van der Waals surface area (Å²) in [6, 6.07) is 9.42. The molecule has 178 valence electrons. The van der Waals surface area contributed by atoms with E-state index in [0.717, 1.165) is 10.1 Å². The van der Waals surface area contributed by atoms with Crippen LogP contribution in [0.2, 0.25) is 0 Å². The zero-order chi connectivity index (χ0) is 24.0. The third-order valence-electron chi connectivity index (χ3n) is 4.92. The van der Waals surface area contributed by atoms with Gasteiger partial charge < -0.3 is 14.2 Å². The molecule has 0 unspecified atom stereocenters. The van der Waals surface area contributed by atoms with Crippen molar-refractivity contribution in [3.05, 3.63) is 68.5 Å². The van der Waals surface area contributed by atoms with Crippen LogP contribution in [0.5, 0.6) is 0 Å². The zero-order valence-corrected chi connectivity index (χ0v) is 18.2. The predicted molar refractivity (Wildman–Crippen MR) is 113 cm³/mol. The molecule has 0 aliphatic carbocycles. The quantitative estimate of drug-likeness (QED) is 0.635. The number of aromatic amines is 1. The number of aromatic nitrogens is 2. The van der Waals surface area contributed by atoms with E-state index in [0.29, 0.717) is 12.8 Å². The van der Waals surface area contributed by atoms with Crippen LogP contribution in [-0.4, -0.2) is 35.0 Å². The van der Waals surface area contributed by atoms with E-state index in [1.54, 1.807) is 4.98 Å². The van der Waals surface area contributed by atoms with Crippen LogP contribution in [-0.2, 0) is 27.0 Å². The van der Waals surface area contributed by atoms with E-state index in [9.17, 15) is 22.8 Å². The van der Waals surface area contributed by atoms with Gasteiger partial charge in [0, 0.05) is 18.5 Å². The second-order valence-electron chi connectivity index (χ2n) is 7.90. The first-order valence-corrected chi connectivity index (χ1v) is 10.4. The largest absolute Gasteiger partial charge is 0.423 e. The number of hydrogen-bond donors (Lipinski definition) is 1. The van der Waals surface area contributed by atoms with Gasteiger partial charge >= 0.3 is 11.9 Å². The molecular weight excluding hydrogens is 441 g/mol. The summed E-state index contributed by atoms with van der Waals surface area (Å²) >= 11 is 0. The molecule has 1 aromatic carbocycles. The SMILES string of the molecule is CC(C)C#CCO[C@H]1C[C@H](n2cc(C(F)(F)F)c(=O)[nH]c2=O)O[C@@H]1COCc1ccccc1. The van der Waals surface area contributed by atoms with Gasteiger partial charge in [-0.25, -0.2) is 4.79 Å². The maximum atomic E-state index is 13.2. The first-order valence-electron chi connectivity index (χ1n) is 10.4. The summed E-state index contributed by atoms with van der Waals surface area (Å²) in [5.74, 6) is 6.01. The number of nitrogens with one attached hydrogen (secondary N) is 1. The van der Waals surface area contributed by atoms with Crippen LogP contribution in [0.1, 0.15) is 37.6 Å². The highest BCUT2D eigenvalue weighted by atomic mass is 19.4. The molecule has 1 fully saturated rings. The summed E-state index contributed by atoms with van der Waals surface area (Å²) in [6.45, 7) is 4.37. The molecule has 1 aliphatic rings. The zero-order valence-electron chi connectivity index (χ0n) is 18.2. The summed E-state index contributed by atoms with van der Waals surface area (Å²) in [5, 5.41) is 0. The molecule has 7 nitrogen and oxygen atoms in total. The number of nitrogens with zero attached hydrogens (tertiary/aromatic N) is 1. The molecule has 0 radical (unpaired) electrons. The van der Waals surface area contributed by atoms with Crippen molar-refractivity contribution in [3.8, 4) is 11.8 Å². The van der Waals surface area contributed by atoms with Crippen molar-refractivity contribution >= 4 is 0 Å². The van der Waals surface area contributed by atoms with E-state index in [4.69, 9.17) is 14.2 Å². The van der Waals surface area contributed by atoms with Crippen LogP contribution in [0.3, 0.4) is 0 Å². The first-order chi connectivity index (χ1) is 15.6. The maximum absolute atomic E-state index is 13.2. The lowest BCUT2D eigenvalue weighted by Crippen LogP contribution is -2.36. The van der Waals surface area contributed by atoms with Crippen molar-refractivity contribution in [2.24, 2.45) is 5.92 Å². The Kier molecular flexibility index (Phi) is 8.13. The fraction of sp³-hybridized carbons (Fsp3) is 0.478. The van der Waals surface area contributed by atoms with Crippen LogP contribution < -0.4 is 11.2 Å². The van der Waals surface area contributed by atoms with Gasteiger partial charge in [-0.05, 0) is 5.56 Å². The number of rotatable bonds is 7. The van der Waals surface area contributed by atoms with Crippen molar-refractivity contribution in [3.63, 3.8) is 0 Å². The highest BCUT2D eigenvalue weighted by Gasteiger charge is 2.40. The van der Waals surface area contributed by atoms with E-state index in [2.05, 4.69) is 11.8 Å². The van der Waals surface area contributed by atoms with Crippen molar-refractivity contribution < 1.29 is 27.4 Å². The molecule has 1 saturated heterocycles. The van der Waals surface area contributed by atoms with Crippen LogP contribution in [0.25, 0.3) is 0 Å². The fourth-order valence-electron chi connectivity index (χ4n) is 3.36. The van der Waals surface area contributed by atoms with Gasteiger partial charge in [-0.15, -0.1) is 0 Å². The highest BCUT2D eigenvalue weighted by Crippen LogP contribution is 2.32. The molecular formula is C23H25F3N2O5. The minimum atomic E-state index is -4.91. The number of alkyl halides is 3. The summed E-state index contributed by atoms with van der Waals surface area (Å²) in [4.78, 5) is 25.5. The summed E-state index contributed by atoms with van der Waals surface area (Å²) < 4.78 is 57.6. The molecule has 2 heterocycles. The Hall–Kier alpha value is -2.87. The Labute approximate surface area is 188 Å². The molecule has 3 atom stereocenters. The van der Waals surface area contributed by atoms with Crippen LogP contribution >= 0.6 is 0 Å². The molecule has 1 N–H and O–H groups in total. The summed E-state index contributed by atoms with van der Waals surface area (Å²) in [6.07, 6.45) is -6.63. The van der Waals surface area contributed by atoms with Gasteiger partial charge in [-0.2, -0.15) is 13.2 Å². The van der Waals surface area contributed by atoms with E-state index in [1.165, 1.54) is 0 Å². The number of hydrogen-bond acceptors (Lipinski definition) is 5. The molecule has 1 aliphatic heterocycles. The lowest BCUT2D eigenvalue weighted by molar-refractivity contribution is -0.139. The van der Waals surface area contributed by atoms with Crippen molar-refractivity contribution in [2.75, 3.05) is 13.2 Å². The smallest absolute Gasteiger partial charge is 0.374 e. The Morgan fingerprint density at radius 1 is 1.24 bits per heavy atom. The van der Waals surface area contributed by atoms with Crippen molar-refractivity contribution in [1.82, 2.24) is 9.55 Å². The minimum absolute atomic E-state index is 0.0893. The van der Waals surface area contributed by atoms with Gasteiger partial charge in [0.1, 0.15) is 24.5 Å². The number of ether oxygens (including phenoxy) is 3. The lowest BCUT2D eigenvalue weighted by Gasteiger charge is -2.18. The number of H-pyrrole nitrogens is 1. The Bertz CT molecular complexity index is 1100. The monoisotopic (exact) mass is 466 g/mol. The molecule has 1 aromatic heterocycles. The Morgan fingerprint density at radius 3 is 2.64 bits per heavy atom. The minimum Gasteiger partial charge on any atom is -0.374 e. The second kappa shape index (κ2) is 10.8. The fourth-order valence-corrected chi connectivity index (χ4v) is 3.36. The summed E-state index contributed by atoms with van der Waals surface area (Å²) in [5.41, 5.74) is -3.03.